The molecule has 0 radical (unpaired) electrons. The average Bonchev–Trinajstić information content (AvgIpc) is 2.51. The molecular formula is C22H28N2O. The van der Waals surface area contributed by atoms with Gasteiger partial charge in [0.05, 0.1) is 12.2 Å². The van der Waals surface area contributed by atoms with Crippen molar-refractivity contribution >= 4 is 17.1 Å². The van der Waals surface area contributed by atoms with Gasteiger partial charge in [-0.1, -0.05) is 26.0 Å². The van der Waals surface area contributed by atoms with Crippen LogP contribution < -0.4 is 14.5 Å². The summed E-state index contributed by atoms with van der Waals surface area (Å²) in [7, 11) is 0. The molecule has 2 heterocycles. The first-order chi connectivity index (χ1) is 11.9. The van der Waals surface area contributed by atoms with Crippen LogP contribution in [0.15, 0.2) is 42.5 Å². The highest BCUT2D eigenvalue weighted by Crippen LogP contribution is 2.43. The number of ether oxygens (including phenoxy) is 1. The molecule has 3 heteroatoms. The molecular weight excluding hydrogens is 308 g/mol. The minimum atomic E-state index is -0.213. The van der Waals surface area contributed by atoms with E-state index in [-0.39, 0.29) is 5.60 Å². The molecule has 0 saturated carbocycles. The van der Waals surface area contributed by atoms with Crippen molar-refractivity contribution in [3.8, 4) is 5.75 Å². The fourth-order valence-electron chi connectivity index (χ4n) is 3.65. The Balaban J connectivity index is 1.75. The Morgan fingerprint density at radius 1 is 1.00 bits per heavy atom. The normalized spacial score (nSPS) is 18.6. The van der Waals surface area contributed by atoms with E-state index < -0.39 is 0 Å². The molecule has 2 aromatic carbocycles. The van der Waals surface area contributed by atoms with Crippen molar-refractivity contribution in [2.75, 3.05) is 29.4 Å². The summed E-state index contributed by atoms with van der Waals surface area (Å²) in [5.74, 6) is 1.50. The second-order valence-corrected chi connectivity index (χ2v) is 8.19. The first kappa shape index (κ1) is 16.3. The predicted octanol–water partition coefficient (Wildman–Crippen LogP) is 5.33. The van der Waals surface area contributed by atoms with E-state index in [1.807, 2.05) is 0 Å². The number of hydrogen-bond acceptors (Lipinski definition) is 3. The van der Waals surface area contributed by atoms with Crippen molar-refractivity contribution in [3.63, 3.8) is 0 Å². The minimum Gasteiger partial charge on any atom is -0.484 e. The Bertz CT molecular complexity index is 777. The Morgan fingerprint density at radius 3 is 2.44 bits per heavy atom. The predicted molar refractivity (Wildman–Crippen MR) is 106 cm³/mol. The fraction of sp³-hybridized carbons (Fsp3) is 0.455. The molecule has 132 valence electrons. The molecule has 2 aromatic rings. The molecule has 0 aromatic heterocycles. The van der Waals surface area contributed by atoms with Crippen LogP contribution in [0.3, 0.4) is 0 Å². The first-order valence-corrected chi connectivity index (χ1v) is 9.38. The highest BCUT2D eigenvalue weighted by molar-refractivity contribution is 5.74. The maximum atomic E-state index is 6.32. The number of anilines is 3. The molecule has 0 unspecified atom stereocenters. The topological polar surface area (TPSA) is 15.7 Å². The van der Waals surface area contributed by atoms with Gasteiger partial charge in [0, 0.05) is 24.5 Å². The molecule has 0 amide bonds. The number of nitrogens with zero attached hydrogens (tertiary/aromatic N) is 2. The van der Waals surface area contributed by atoms with Crippen LogP contribution in [0, 0.1) is 0 Å². The standard InChI is InChI=1S/C22H28N2O/c1-16(2)17-9-10-20-21(13-17)25-22(3,4)15-24(20)19-8-5-7-18(14-19)23-11-6-12-23/h5,7-10,13-14,16H,6,11-12,15H2,1-4H3. The highest BCUT2D eigenvalue weighted by Gasteiger charge is 2.33. The van der Waals surface area contributed by atoms with Crippen LogP contribution in [0.2, 0.25) is 0 Å². The van der Waals surface area contributed by atoms with Gasteiger partial charge in [-0.05, 0) is 62.1 Å². The smallest absolute Gasteiger partial charge is 0.144 e. The zero-order valence-electron chi connectivity index (χ0n) is 15.7. The first-order valence-electron chi connectivity index (χ1n) is 9.38. The van der Waals surface area contributed by atoms with Crippen molar-refractivity contribution in [2.24, 2.45) is 0 Å². The molecule has 1 fully saturated rings. The van der Waals surface area contributed by atoms with E-state index in [4.69, 9.17) is 4.74 Å². The van der Waals surface area contributed by atoms with E-state index in [2.05, 4.69) is 80.0 Å². The SMILES string of the molecule is CC(C)c1ccc2c(c1)OC(C)(C)CN2c1cccc(N2CCC2)c1. The van der Waals surface area contributed by atoms with Gasteiger partial charge >= 0.3 is 0 Å². The van der Waals surface area contributed by atoms with Gasteiger partial charge in [-0.15, -0.1) is 0 Å². The lowest BCUT2D eigenvalue weighted by Gasteiger charge is -2.42. The second-order valence-electron chi connectivity index (χ2n) is 8.19. The zero-order chi connectivity index (χ0) is 17.6. The van der Waals surface area contributed by atoms with Crippen LogP contribution in [0.25, 0.3) is 0 Å². The fourth-order valence-corrected chi connectivity index (χ4v) is 3.65. The van der Waals surface area contributed by atoms with Gasteiger partial charge in [0.15, 0.2) is 0 Å². The van der Waals surface area contributed by atoms with Gasteiger partial charge in [-0.25, -0.2) is 0 Å². The Morgan fingerprint density at radius 2 is 1.76 bits per heavy atom. The molecule has 25 heavy (non-hydrogen) atoms. The summed E-state index contributed by atoms with van der Waals surface area (Å²) >= 11 is 0. The van der Waals surface area contributed by atoms with E-state index in [0.717, 1.165) is 12.3 Å². The van der Waals surface area contributed by atoms with Crippen LogP contribution >= 0.6 is 0 Å². The maximum Gasteiger partial charge on any atom is 0.144 e. The van der Waals surface area contributed by atoms with Gasteiger partial charge in [0.25, 0.3) is 0 Å². The van der Waals surface area contributed by atoms with Gasteiger partial charge < -0.3 is 14.5 Å². The van der Waals surface area contributed by atoms with Gasteiger partial charge in [-0.3, -0.25) is 0 Å². The maximum absolute atomic E-state index is 6.32. The Hall–Kier alpha value is -2.16. The van der Waals surface area contributed by atoms with Crippen LogP contribution in [0.1, 0.15) is 45.6 Å². The lowest BCUT2D eigenvalue weighted by Crippen LogP contribution is -2.45. The lowest BCUT2D eigenvalue weighted by atomic mass is 9.99. The van der Waals surface area contributed by atoms with Gasteiger partial charge in [0.1, 0.15) is 11.4 Å². The Labute approximate surface area is 151 Å². The van der Waals surface area contributed by atoms with Gasteiger partial charge in [0.2, 0.25) is 0 Å². The monoisotopic (exact) mass is 336 g/mol. The van der Waals surface area contributed by atoms with E-state index in [0.29, 0.717) is 5.92 Å². The second kappa shape index (κ2) is 5.98. The number of hydrogen-bond donors (Lipinski definition) is 0. The summed E-state index contributed by atoms with van der Waals surface area (Å²) in [5.41, 5.74) is 4.86. The van der Waals surface area contributed by atoms with E-state index in [1.54, 1.807) is 0 Å². The molecule has 0 aliphatic carbocycles. The van der Waals surface area contributed by atoms with Crippen LogP contribution in [-0.2, 0) is 0 Å². The van der Waals surface area contributed by atoms with Crippen molar-refractivity contribution < 1.29 is 4.74 Å². The third-order valence-electron chi connectivity index (χ3n) is 5.23. The third kappa shape index (κ3) is 3.08. The molecule has 2 aliphatic rings. The van der Waals surface area contributed by atoms with Crippen LogP contribution in [0.4, 0.5) is 17.1 Å². The van der Waals surface area contributed by atoms with Crippen molar-refractivity contribution in [3.05, 3.63) is 48.0 Å². The number of benzene rings is 2. The summed E-state index contributed by atoms with van der Waals surface area (Å²) in [6, 6.07) is 15.6. The largest absolute Gasteiger partial charge is 0.484 e. The third-order valence-corrected chi connectivity index (χ3v) is 5.23. The molecule has 0 bridgehead atoms. The quantitative estimate of drug-likeness (QED) is 0.753. The molecule has 1 saturated heterocycles. The molecule has 3 nitrogen and oxygen atoms in total. The average molecular weight is 336 g/mol. The van der Waals surface area contributed by atoms with Crippen molar-refractivity contribution in [1.29, 1.82) is 0 Å². The van der Waals surface area contributed by atoms with E-state index in [9.17, 15) is 0 Å². The zero-order valence-corrected chi connectivity index (χ0v) is 15.7. The molecule has 0 spiro atoms. The van der Waals surface area contributed by atoms with E-state index >= 15 is 0 Å². The summed E-state index contributed by atoms with van der Waals surface area (Å²) in [4.78, 5) is 4.85. The molecule has 0 N–H and O–H groups in total. The van der Waals surface area contributed by atoms with Crippen LogP contribution in [-0.4, -0.2) is 25.2 Å². The summed E-state index contributed by atoms with van der Waals surface area (Å²) in [6.07, 6.45) is 1.30. The van der Waals surface area contributed by atoms with Crippen molar-refractivity contribution in [1.82, 2.24) is 0 Å². The molecule has 2 aliphatic heterocycles. The molecule has 4 rings (SSSR count). The van der Waals surface area contributed by atoms with Gasteiger partial charge in [-0.2, -0.15) is 0 Å². The summed E-state index contributed by atoms with van der Waals surface area (Å²) in [5, 5.41) is 0. The van der Waals surface area contributed by atoms with E-state index in [1.165, 1.54) is 42.1 Å². The lowest BCUT2D eigenvalue weighted by molar-refractivity contribution is 0.109. The minimum absolute atomic E-state index is 0.213. The van der Waals surface area contributed by atoms with Crippen molar-refractivity contribution in [2.45, 2.75) is 45.6 Å². The Kier molecular flexibility index (Phi) is 3.90. The summed E-state index contributed by atoms with van der Waals surface area (Å²) in [6.45, 7) is 12.0. The number of fused-ring (bicyclic) bond motifs is 1. The van der Waals surface area contributed by atoms with Crippen LogP contribution in [0.5, 0.6) is 5.75 Å². The highest BCUT2D eigenvalue weighted by atomic mass is 16.5. The summed E-state index contributed by atoms with van der Waals surface area (Å²) < 4.78 is 6.32. The molecule has 0 atom stereocenters. The number of rotatable bonds is 3.